The van der Waals surface area contributed by atoms with E-state index in [-0.39, 0.29) is 18.5 Å². The average molecular weight is 286 g/mol. The Bertz CT molecular complexity index is 673. The largest absolute Gasteiger partial charge is 0.368 e. The first-order valence-electron chi connectivity index (χ1n) is 7.17. The monoisotopic (exact) mass is 286 g/mol. The first-order valence-corrected chi connectivity index (χ1v) is 7.17. The first-order chi connectivity index (χ1) is 10.1. The fraction of sp³-hybridized carbons (Fsp3) is 0.400. The van der Waals surface area contributed by atoms with Gasteiger partial charge in [-0.25, -0.2) is 4.98 Å². The molecular weight excluding hydrogens is 268 g/mol. The van der Waals surface area contributed by atoms with Gasteiger partial charge in [0.1, 0.15) is 0 Å². The molecule has 6 nitrogen and oxygen atoms in total. The number of fused-ring (bicyclic) bond motifs is 1. The lowest BCUT2D eigenvalue weighted by molar-refractivity contribution is -0.119. The second-order valence-corrected chi connectivity index (χ2v) is 5.47. The van der Waals surface area contributed by atoms with Crippen LogP contribution in [-0.4, -0.2) is 39.3 Å². The topological polar surface area (TPSA) is 92.1 Å². The summed E-state index contributed by atoms with van der Waals surface area (Å²) in [5.41, 5.74) is 7.48. The van der Waals surface area contributed by atoms with Crippen molar-refractivity contribution in [3.8, 4) is 0 Å². The van der Waals surface area contributed by atoms with E-state index in [0.717, 1.165) is 36.7 Å². The quantitative estimate of drug-likeness (QED) is 0.890. The van der Waals surface area contributed by atoms with E-state index in [4.69, 9.17) is 5.73 Å². The number of hydrogen-bond acceptors (Lipinski definition) is 3. The summed E-state index contributed by atoms with van der Waals surface area (Å²) in [4.78, 5) is 32.7. The van der Waals surface area contributed by atoms with E-state index in [9.17, 15) is 9.59 Å². The van der Waals surface area contributed by atoms with Crippen molar-refractivity contribution in [3.05, 3.63) is 30.1 Å². The molecule has 1 aliphatic carbocycles. The van der Waals surface area contributed by atoms with Crippen LogP contribution >= 0.6 is 0 Å². The zero-order chi connectivity index (χ0) is 14.8. The van der Waals surface area contributed by atoms with Gasteiger partial charge in [-0.2, -0.15) is 0 Å². The van der Waals surface area contributed by atoms with Gasteiger partial charge in [0.05, 0.1) is 23.9 Å². The number of aromatic nitrogens is 2. The first kappa shape index (κ1) is 13.6. The predicted octanol–water partition coefficient (Wildman–Crippen LogP) is 1.43. The van der Waals surface area contributed by atoms with E-state index in [1.165, 1.54) is 0 Å². The fourth-order valence-corrected chi connectivity index (χ4v) is 2.98. The third-order valence-corrected chi connectivity index (χ3v) is 4.02. The van der Waals surface area contributed by atoms with Crippen LogP contribution in [0, 0.1) is 0 Å². The maximum absolute atomic E-state index is 12.7. The molecule has 3 rings (SSSR count). The minimum Gasteiger partial charge on any atom is -0.368 e. The average Bonchev–Trinajstić information content (AvgIpc) is 3.13. The molecule has 2 aromatic rings. The van der Waals surface area contributed by atoms with Crippen LogP contribution < -0.4 is 5.73 Å². The van der Waals surface area contributed by atoms with Gasteiger partial charge in [-0.05, 0) is 31.0 Å². The summed E-state index contributed by atoms with van der Waals surface area (Å²) >= 11 is 0. The maximum Gasteiger partial charge on any atom is 0.254 e. The summed E-state index contributed by atoms with van der Waals surface area (Å²) in [6, 6.07) is 5.43. The molecule has 110 valence electrons. The van der Waals surface area contributed by atoms with Gasteiger partial charge in [-0.3, -0.25) is 9.59 Å². The molecule has 2 amide bonds. The van der Waals surface area contributed by atoms with E-state index in [1.807, 2.05) is 0 Å². The Morgan fingerprint density at radius 3 is 2.81 bits per heavy atom. The summed E-state index contributed by atoms with van der Waals surface area (Å²) in [7, 11) is 0. The van der Waals surface area contributed by atoms with E-state index in [2.05, 4.69) is 9.97 Å². The lowest BCUT2D eigenvalue weighted by Gasteiger charge is -2.27. The number of benzene rings is 1. The number of nitrogens with one attached hydrogen (secondary N) is 1. The third kappa shape index (κ3) is 2.74. The molecule has 0 unspecified atom stereocenters. The summed E-state index contributed by atoms with van der Waals surface area (Å²) in [6.07, 6.45) is 5.65. The highest BCUT2D eigenvalue weighted by molar-refractivity contribution is 5.99. The Morgan fingerprint density at radius 2 is 2.10 bits per heavy atom. The lowest BCUT2D eigenvalue weighted by atomic mass is 10.1. The van der Waals surface area contributed by atoms with Crippen LogP contribution in [0.1, 0.15) is 36.0 Å². The molecule has 1 heterocycles. The van der Waals surface area contributed by atoms with Crippen molar-refractivity contribution in [2.75, 3.05) is 6.54 Å². The number of carbonyl (C=O) groups excluding carboxylic acids is 2. The molecule has 0 radical (unpaired) electrons. The van der Waals surface area contributed by atoms with Crippen LogP contribution in [0.2, 0.25) is 0 Å². The minimum absolute atomic E-state index is 0.0233. The molecule has 0 spiro atoms. The Morgan fingerprint density at radius 1 is 1.33 bits per heavy atom. The number of hydrogen-bond donors (Lipinski definition) is 2. The van der Waals surface area contributed by atoms with Crippen molar-refractivity contribution in [2.45, 2.75) is 31.7 Å². The van der Waals surface area contributed by atoms with Crippen molar-refractivity contribution in [3.63, 3.8) is 0 Å². The molecule has 6 heteroatoms. The molecule has 0 aliphatic heterocycles. The van der Waals surface area contributed by atoms with Crippen molar-refractivity contribution < 1.29 is 9.59 Å². The normalized spacial score (nSPS) is 15.4. The Balaban J connectivity index is 1.89. The van der Waals surface area contributed by atoms with Crippen molar-refractivity contribution in [1.29, 1.82) is 0 Å². The van der Waals surface area contributed by atoms with Crippen molar-refractivity contribution in [2.24, 2.45) is 5.73 Å². The number of aromatic amines is 1. The second kappa shape index (κ2) is 5.55. The van der Waals surface area contributed by atoms with E-state index in [0.29, 0.717) is 5.56 Å². The van der Waals surface area contributed by atoms with Crippen molar-refractivity contribution in [1.82, 2.24) is 14.9 Å². The molecule has 0 saturated heterocycles. The standard InChI is InChI=1S/C15H18N4O2/c16-14(20)8-19(11-3-1-2-4-11)15(21)10-5-6-12-13(7-10)18-9-17-12/h5-7,9,11H,1-4,8H2,(H2,16,20)(H,17,18). The summed E-state index contributed by atoms with van der Waals surface area (Å²) < 4.78 is 0. The van der Waals surface area contributed by atoms with Crippen LogP contribution in [-0.2, 0) is 4.79 Å². The lowest BCUT2D eigenvalue weighted by Crippen LogP contribution is -2.44. The summed E-state index contributed by atoms with van der Waals surface area (Å²) in [5.74, 6) is -0.616. The molecule has 1 saturated carbocycles. The van der Waals surface area contributed by atoms with Gasteiger partial charge < -0.3 is 15.6 Å². The number of nitrogens with zero attached hydrogens (tertiary/aromatic N) is 2. The summed E-state index contributed by atoms with van der Waals surface area (Å²) in [5, 5.41) is 0. The van der Waals surface area contributed by atoms with Crippen LogP contribution in [0.25, 0.3) is 11.0 Å². The van der Waals surface area contributed by atoms with Gasteiger partial charge in [0.2, 0.25) is 5.91 Å². The number of carbonyl (C=O) groups is 2. The third-order valence-electron chi connectivity index (χ3n) is 4.02. The number of rotatable bonds is 4. The number of primary amides is 1. The van der Waals surface area contributed by atoms with Crippen LogP contribution in [0.4, 0.5) is 0 Å². The minimum atomic E-state index is -0.474. The highest BCUT2D eigenvalue weighted by Crippen LogP contribution is 2.25. The van der Waals surface area contributed by atoms with E-state index >= 15 is 0 Å². The second-order valence-electron chi connectivity index (χ2n) is 5.47. The molecule has 1 fully saturated rings. The predicted molar refractivity (Wildman–Crippen MR) is 78.6 cm³/mol. The zero-order valence-electron chi connectivity index (χ0n) is 11.7. The smallest absolute Gasteiger partial charge is 0.254 e. The maximum atomic E-state index is 12.7. The van der Waals surface area contributed by atoms with Gasteiger partial charge in [-0.1, -0.05) is 12.8 Å². The highest BCUT2D eigenvalue weighted by atomic mass is 16.2. The fourth-order valence-electron chi connectivity index (χ4n) is 2.98. The number of nitrogens with two attached hydrogens (primary N) is 1. The molecule has 1 aromatic carbocycles. The van der Waals surface area contributed by atoms with E-state index < -0.39 is 5.91 Å². The van der Waals surface area contributed by atoms with Gasteiger partial charge in [0.15, 0.2) is 0 Å². The van der Waals surface area contributed by atoms with Crippen LogP contribution in [0.3, 0.4) is 0 Å². The van der Waals surface area contributed by atoms with Gasteiger partial charge in [0, 0.05) is 11.6 Å². The van der Waals surface area contributed by atoms with E-state index in [1.54, 1.807) is 29.4 Å². The Labute approximate surface area is 122 Å². The van der Waals surface area contributed by atoms with Crippen molar-refractivity contribution >= 4 is 22.8 Å². The SMILES string of the molecule is NC(=O)CN(C(=O)c1ccc2nc[nH]c2c1)C1CCCC1. The Kier molecular flexibility index (Phi) is 3.60. The van der Waals surface area contributed by atoms with Crippen LogP contribution in [0.15, 0.2) is 24.5 Å². The molecule has 21 heavy (non-hydrogen) atoms. The molecule has 3 N–H and O–H groups in total. The molecule has 0 atom stereocenters. The summed E-state index contributed by atoms with van der Waals surface area (Å²) in [6.45, 7) is -0.0233. The van der Waals surface area contributed by atoms with Gasteiger partial charge in [-0.15, -0.1) is 0 Å². The number of amides is 2. The van der Waals surface area contributed by atoms with Crippen LogP contribution in [0.5, 0.6) is 0 Å². The molecule has 1 aliphatic rings. The number of H-pyrrole nitrogens is 1. The molecule has 0 bridgehead atoms. The molecule has 1 aromatic heterocycles. The number of imidazole rings is 1. The Hall–Kier alpha value is -2.37. The zero-order valence-corrected chi connectivity index (χ0v) is 11.7. The van der Waals surface area contributed by atoms with Gasteiger partial charge >= 0.3 is 0 Å². The molecular formula is C15H18N4O2. The highest BCUT2D eigenvalue weighted by Gasteiger charge is 2.28. The van der Waals surface area contributed by atoms with Gasteiger partial charge in [0.25, 0.3) is 5.91 Å².